The molecule has 2 N–H and O–H groups in total. The molecule has 0 heterocycles. The highest BCUT2D eigenvalue weighted by atomic mass is 16.5. The lowest BCUT2D eigenvalue weighted by molar-refractivity contribution is -0.163. The Morgan fingerprint density at radius 3 is 2.13 bits per heavy atom. The lowest BCUT2D eigenvalue weighted by Gasteiger charge is -2.60. The zero-order chi connectivity index (χ0) is 22.6. The number of esters is 1. The summed E-state index contributed by atoms with van der Waals surface area (Å²) in [7, 11) is 0. The van der Waals surface area contributed by atoms with E-state index in [1.54, 1.807) is 13.8 Å². The Balaban J connectivity index is 1.56. The molecule has 0 unspecified atom stereocenters. The molecular weight excluding hydrogens is 392 g/mol. The maximum atomic E-state index is 11.9. The number of fused-ring (bicyclic) bond motifs is 5. The van der Waals surface area contributed by atoms with E-state index in [4.69, 9.17) is 4.74 Å². The SMILES string of the molecule is CC(=O)N[C@H]1CC[C@@]2(C)[C@H](CC[C@@H]3[C@H]2CC[C@@]2(C)[C@@H]3C[C@@H](NC(C)=O)[C@@H]2OC(C)=O)C1. The summed E-state index contributed by atoms with van der Waals surface area (Å²) in [4.78, 5) is 35.4. The van der Waals surface area contributed by atoms with Crippen LogP contribution in [0.15, 0.2) is 0 Å². The lowest BCUT2D eigenvalue weighted by atomic mass is 9.45. The van der Waals surface area contributed by atoms with E-state index in [0.29, 0.717) is 35.1 Å². The van der Waals surface area contributed by atoms with Crippen molar-refractivity contribution in [3.8, 4) is 0 Å². The molecule has 4 saturated carbocycles. The molecule has 31 heavy (non-hydrogen) atoms. The summed E-state index contributed by atoms with van der Waals surface area (Å²) in [5.74, 6) is 2.22. The van der Waals surface area contributed by atoms with Crippen molar-refractivity contribution in [1.29, 1.82) is 0 Å². The number of carbonyl (C=O) groups excluding carboxylic acids is 3. The van der Waals surface area contributed by atoms with Gasteiger partial charge >= 0.3 is 5.97 Å². The summed E-state index contributed by atoms with van der Waals surface area (Å²) in [5.41, 5.74) is 0.249. The van der Waals surface area contributed by atoms with Crippen LogP contribution in [0.3, 0.4) is 0 Å². The van der Waals surface area contributed by atoms with Crippen LogP contribution in [-0.2, 0) is 19.1 Å². The number of amides is 2. The Bertz CT molecular complexity index is 754. The van der Waals surface area contributed by atoms with Gasteiger partial charge in [-0.1, -0.05) is 13.8 Å². The third kappa shape index (κ3) is 3.89. The van der Waals surface area contributed by atoms with Crippen molar-refractivity contribution in [2.24, 2.45) is 34.5 Å². The minimum Gasteiger partial charge on any atom is -0.460 e. The van der Waals surface area contributed by atoms with Gasteiger partial charge in [0, 0.05) is 32.2 Å². The Kier molecular flexibility index (Phi) is 5.89. The summed E-state index contributed by atoms with van der Waals surface area (Å²) in [5, 5.41) is 6.28. The van der Waals surface area contributed by atoms with Crippen molar-refractivity contribution < 1.29 is 19.1 Å². The third-order valence-corrected chi connectivity index (χ3v) is 9.72. The van der Waals surface area contributed by atoms with Gasteiger partial charge in [-0.3, -0.25) is 14.4 Å². The van der Waals surface area contributed by atoms with Crippen LogP contribution in [0.25, 0.3) is 0 Å². The van der Waals surface area contributed by atoms with Crippen molar-refractivity contribution in [3.05, 3.63) is 0 Å². The van der Waals surface area contributed by atoms with Crippen LogP contribution in [0.1, 0.15) is 86.0 Å². The number of rotatable bonds is 3. The number of hydrogen-bond acceptors (Lipinski definition) is 4. The Labute approximate surface area is 186 Å². The standard InChI is InChI=1S/C25H40N2O4/c1-14(28)26-18-8-10-24(4)17(12-18)6-7-19-20(24)9-11-25(5)21(19)13-22(27-15(2)29)23(25)31-16(3)30/h17-23H,6-13H2,1-5H3,(H,26,28)(H,27,29)/t17-,18+,19-,20-,21-,22-,23+,24+,25+/m1/s1. The number of carbonyl (C=O) groups is 3. The molecule has 0 radical (unpaired) electrons. The second kappa shape index (κ2) is 8.08. The molecule has 0 bridgehead atoms. The fraction of sp³-hybridized carbons (Fsp3) is 0.880. The summed E-state index contributed by atoms with van der Waals surface area (Å²) in [6, 6.07) is 0.237. The Morgan fingerprint density at radius 2 is 1.48 bits per heavy atom. The van der Waals surface area contributed by atoms with Crippen molar-refractivity contribution in [2.75, 3.05) is 0 Å². The molecule has 0 spiro atoms. The summed E-state index contributed by atoms with van der Waals surface area (Å²) < 4.78 is 5.87. The van der Waals surface area contributed by atoms with Crippen LogP contribution in [0.4, 0.5) is 0 Å². The first-order chi connectivity index (χ1) is 14.5. The van der Waals surface area contributed by atoms with E-state index in [1.807, 2.05) is 0 Å². The predicted molar refractivity (Wildman–Crippen MR) is 118 cm³/mol. The van der Waals surface area contributed by atoms with Crippen LogP contribution in [0, 0.1) is 34.5 Å². The fourth-order valence-electron chi connectivity index (χ4n) is 8.47. The average molecular weight is 433 g/mol. The summed E-state index contributed by atoms with van der Waals surface area (Å²) >= 11 is 0. The fourth-order valence-corrected chi connectivity index (χ4v) is 8.47. The van der Waals surface area contributed by atoms with Crippen molar-refractivity contribution in [2.45, 2.75) is 104 Å². The molecular formula is C25H40N2O4. The van der Waals surface area contributed by atoms with Crippen LogP contribution in [0.5, 0.6) is 0 Å². The number of ether oxygens (including phenoxy) is 1. The zero-order valence-corrected chi connectivity index (χ0v) is 19.8. The summed E-state index contributed by atoms with van der Waals surface area (Å²) in [6.07, 6.45) is 8.65. The van der Waals surface area contributed by atoms with Gasteiger partial charge in [0.2, 0.25) is 11.8 Å². The van der Waals surface area contributed by atoms with Crippen LogP contribution < -0.4 is 10.6 Å². The Hall–Kier alpha value is -1.59. The topological polar surface area (TPSA) is 84.5 Å². The molecule has 0 aromatic rings. The highest BCUT2D eigenvalue weighted by Gasteiger charge is 2.63. The van der Waals surface area contributed by atoms with Crippen molar-refractivity contribution in [3.63, 3.8) is 0 Å². The van der Waals surface area contributed by atoms with Gasteiger partial charge in [0.1, 0.15) is 6.10 Å². The average Bonchev–Trinajstić information content (AvgIpc) is 2.92. The molecule has 0 saturated heterocycles. The molecule has 4 rings (SSSR count). The predicted octanol–water partition coefficient (Wildman–Crippen LogP) is 3.58. The zero-order valence-electron chi connectivity index (χ0n) is 19.8. The van der Waals surface area contributed by atoms with E-state index in [1.165, 1.54) is 32.6 Å². The summed E-state index contributed by atoms with van der Waals surface area (Å²) in [6.45, 7) is 9.46. The molecule has 0 aliphatic heterocycles. The molecule has 0 aromatic heterocycles. The van der Waals surface area contributed by atoms with Gasteiger partial charge in [0.25, 0.3) is 0 Å². The molecule has 2 amide bonds. The maximum Gasteiger partial charge on any atom is 0.302 e. The molecule has 0 aromatic carbocycles. The molecule has 9 atom stereocenters. The highest BCUT2D eigenvalue weighted by molar-refractivity contribution is 5.74. The second-order valence-corrected chi connectivity index (χ2v) is 11.4. The van der Waals surface area contributed by atoms with E-state index in [2.05, 4.69) is 24.5 Å². The van der Waals surface area contributed by atoms with Gasteiger partial charge in [-0.25, -0.2) is 0 Å². The maximum absolute atomic E-state index is 11.9. The Morgan fingerprint density at radius 1 is 0.806 bits per heavy atom. The van der Waals surface area contributed by atoms with Gasteiger partial charge in [-0.15, -0.1) is 0 Å². The first kappa shape index (κ1) is 22.6. The molecule has 4 fully saturated rings. The van der Waals surface area contributed by atoms with Gasteiger partial charge in [-0.2, -0.15) is 0 Å². The molecule has 4 aliphatic rings. The first-order valence-corrected chi connectivity index (χ1v) is 12.3. The van der Waals surface area contributed by atoms with E-state index in [9.17, 15) is 14.4 Å². The highest BCUT2D eigenvalue weighted by Crippen LogP contribution is 2.66. The minimum atomic E-state index is -0.253. The first-order valence-electron chi connectivity index (χ1n) is 12.3. The normalized spacial score (nSPS) is 46.2. The van der Waals surface area contributed by atoms with Gasteiger partial charge in [-0.05, 0) is 80.5 Å². The van der Waals surface area contributed by atoms with Crippen LogP contribution in [0.2, 0.25) is 0 Å². The van der Waals surface area contributed by atoms with Crippen LogP contribution in [-0.4, -0.2) is 36.0 Å². The molecule has 6 nitrogen and oxygen atoms in total. The quantitative estimate of drug-likeness (QED) is 0.668. The van der Waals surface area contributed by atoms with Crippen LogP contribution >= 0.6 is 0 Å². The molecule has 6 heteroatoms. The van der Waals surface area contributed by atoms with E-state index in [0.717, 1.165) is 25.7 Å². The monoisotopic (exact) mass is 432 g/mol. The van der Waals surface area contributed by atoms with E-state index >= 15 is 0 Å². The largest absolute Gasteiger partial charge is 0.460 e. The smallest absolute Gasteiger partial charge is 0.302 e. The molecule has 4 aliphatic carbocycles. The van der Waals surface area contributed by atoms with Crippen molar-refractivity contribution >= 4 is 17.8 Å². The molecule has 174 valence electrons. The van der Waals surface area contributed by atoms with E-state index < -0.39 is 0 Å². The van der Waals surface area contributed by atoms with Gasteiger partial charge in [0.05, 0.1) is 6.04 Å². The number of hydrogen-bond donors (Lipinski definition) is 2. The second-order valence-electron chi connectivity index (χ2n) is 11.4. The minimum absolute atomic E-state index is 0.0482. The van der Waals surface area contributed by atoms with Crippen molar-refractivity contribution in [1.82, 2.24) is 10.6 Å². The van der Waals surface area contributed by atoms with Gasteiger partial charge < -0.3 is 15.4 Å². The number of nitrogens with one attached hydrogen (secondary N) is 2. The van der Waals surface area contributed by atoms with Gasteiger partial charge in [0.15, 0.2) is 0 Å². The lowest BCUT2D eigenvalue weighted by Crippen LogP contribution is -2.56. The van der Waals surface area contributed by atoms with E-state index in [-0.39, 0.29) is 35.3 Å². The third-order valence-electron chi connectivity index (χ3n) is 9.72.